The number of halogens is 1. The van der Waals surface area contributed by atoms with E-state index < -0.39 is 0 Å². The summed E-state index contributed by atoms with van der Waals surface area (Å²) in [5.74, 6) is 0.916. The predicted molar refractivity (Wildman–Crippen MR) is 92.7 cm³/mol. The first-order valence-electron chi connectivity index (χ1n) is 7.14. The maximum absolute atomic E-state index is 6.29. The number of aryl methyl sites for hydroxylation is 1. The number of rotatable bonds is 4. The highest BCUT2D eigenvalue weighted by Gasteiger charge is 2.21. The van der Waals surface area contributed by atoms with Crippen LogP contribution in [-0.2, 0) is 6.42 Å². The van der Waals surface area contributed by atoms with Crippen molar-refractivity contribution in [1.82, 2.24) is 0 Å². The van der Waals surface area contributed by atoms with Crippen molar-refractivity contribution in [3.63, 3.8) is 0 Å². The molecule has 1 saturated carbocycles. The molecule has 1 aliphatic rings. The summed E-state index contributed by atoms with van der Waals surface area (Å²) in [7, 11) is 0. The molecule has 0 aliphatic heterocycles. The molecule has 3 rings (SSSR count). The fourth-order valence-electron chi connectivity index (χ4n) is 2.58. The van der Waals surface area contributed by atoms with Crippen LogP contribution in [0.5, 0.6) is 0 Å². The molecule has 0 atom stereocenters. The van der Waals surface area contributed by atoms with Crippen molar-refractivity contribution in [2.75, 3.05) is 0 Å². The van der Waals surface area contributed by atoms with E-state index in [1.165, 1.54) is 30.4 Å². The van der Waals surface area contributed by atoms with Crippen LogP contribution in [0.3, 0.4) is 0 Å². The van der Waals surface area contributed by atoms with Crippen molar-refractivity contribution in [1.29, 1.82) is 0 Å². The Bertz CT molecular complexity index is 687. The number of hydrogen-bond acceptors (Lipinski definition) is 2. The third-order valence-corrected chi connectivity index (χ3v) is 4.30. The Morgan fingerprint density at radius 2 is 1.90 bits per heavy atom. The maximum atomic E-state index is 6.29. The Balaban J connectivity index is 1.90. The van der Waals surface area contributed by atoms with Crippen LogP contribution in [0.25, 0.3) is 11.1 Å². The van der Waals surface area contributed by atoms with Gasteiger partial charge in [-0.1, -0.05) is 35.9 Å². The zero-order chi connectivity index (χ0) is 14.8. The lowest BCUT2D eigenvalue weighted by Crippen LogP contribution is -1.87. The Hall–Kier alpha value is -1.47. The second-order valence-corrected chi connectivity index (χ2v) is 6.26. The molecule has 21 heavy (non-hydrogen) atoms. The van der Waals surface area contributed by atoms with Gasteiger partial charge in [0.15, 0.2) is 0 Å². The van der Waals surface area contributed by atoms with Gasteiger partial charge in [-0.2, -0.15) is 4.99 Å². The Morgan fingerprint density at radius 3 is 2.48 bits per heavy atom. The summed E-state index contributed by atoms with van der Waals surface area (Å²) in [5, 5.41) is 3.00. The van der Waals surface area contributed by atoms with Crippen molar-refractivity contribution in [2.45, 2.75) is 26.2 Å². The van der Waals surface area contributed by atoms with Gasteiger partial charge in [0, 0.05) is 0 Å². The van der Waals surface area contributed by atoms with Crippen LogP contribution in [0.2, 0.25) is 5.02 Å². The Morgan fingerprint density at radius 1 is 1.19 bits per heavy atom. The predicted octanol–water partition coefficient (Wildman–Crippen LogP) is 6.00. The Kier molecular flexibility index (Phi) is 4.21. The van der Waals surface area contributed by atoms with Crippen molar-refractivity contribution in [3.8, 4) is 11.1 Å². The van der Waals surface area contributed by atoms with Crippen LogP contribution in [0.15, 0.2) is 41.4 Å². The standard InChI is InChI=1S/C18H16ClNS/c1-12-8-16(10-17(19)18(12)20-11-21)15-6-4-14(5-7-15)9-13-2-3-13/h4-8,10,13H,2-3,9H2,1H3. The summed E-state index contributed by atoms with van der Waals surface area (Å²) in [6.45, 7) is 1.99. The van der Waals surface area contributed by atoms with Crippen LogP contribution in [0.1, 0.15) is 24.0 Å². The average molecular weight is 314 g/mol. The number of aliphatic imine (C=N–C) groups is 1. The first-order chi connectivity index (χ1) is 10.2. The zero-order valence-electron chi connectivity index (χ0n) is 11.9. The number of nitrogens with zero attached hydrogens (tertiary/aromatic N) is 1. The summed E-state index contributed by atoms with van der Waals surface area (Å²) in [5.41, 5.74) is 5.43. The van der Waals surface area contributed by atoms with Gasteiger partial charge in [0.25, 0.3) is 0 Å². The van der Waals surface area contributed by atoms with Crippen molar-refractivity contribution in [2.24, 2.45) is 10.9 Å². The molecular formula is C18H16ClNS. The van der Waals surface area contributed by atoms with E-state index in [-0.39, 0.29) is 0 Å². The molecule has 1 nitrogen and oxygen atoms in total. The minimum absolute atomic E-state index is 0.615. The van der Waals surface area contributed by atoms with Crippen LogP contribution in [-0.4, -0.2) is 5.16 Å². The first-order valence-corrected chi connectivity index (χ1v) is 7.93. The van der Waals surface area contributed by atoms with Gasteiger partial charge in [-0.25, -0.2) is 0 Å². The number of thiocarbonyl (C=S) groups is 1. The third kappa shape index (κ3) is 3.41. The summed E-state index contributed by atoms with van der Waals surface area (Å²) < 4.78 is 0. The monoisotopic (exact) mass is 313 g/mol. The molecule has 106 valence electrons. The molecule has 2 aromatic rings. The molecule has 0 amide bonds. The van der Waals surface area contributed by atoms with E-state index >= 15 is 0 Å². The smallest absolute Gasteiger partial charge is 0.0955 e. The van der Waals surface area contributed by atoms with Gasteiger partial charge in [0.2, 0.25) is 0 Å². The van der Waals surface area contributed by atoms with Gasteiger partial charge in [-0.3, -0.25) is 0 Å². The van der Waals surface area contributed by atoms with Gasteiger partial charge in [0.1, 0.15) is 0 Å². The SMILES string of the molecule is Cc1cc(-c2ccc(CC3CC3)cc2)cc(Cl)c1N=C=S. The molecule has 0 unspecified atom stereocenters. The van der Waals surface area contributed by atoms with Crippen molar-refractivity contribution in [3.05, 3.63) is 52.5 Å². The van der Waals surface area contributed by atoms with Crippen LogP contribution in [0, 0.1) is 12.8 Å². The second-order valence-electron chi connectivity index (χ2n) is 5.67. The summed E-state index contributed by atoms with van der Waals surface area (Å²) in [6.07, 6.45) is 3.99. The lowest BCUT2D eigenvalue weighted by Gasteiger charge is -2.08. The largest absolute Gasteiger partial charge is 0.193 e. The number of isothiocyanates is 1. The van der Waals surface area contributed by atoms with Gasteiger partial charge in [-0.05, 0) is 78.7 Å². The number of hydrogen-bond donors (Lipinski definition) is 0. The molecule has 0 aromatic heterocycles. The third-order valence-electron chi connectivity index (χ3n) is 3.92. The molecule has 0 saturated heterocycles. The lowest BCUT2D eigenvalue weighted by atomic mass is 10.00. The molecule has 0 bridgehead atoms. The summed E-state index contributed by atoms with van der Waals surface area (Å²) in [6, 6.07) is 12.8. The maximum Gasteiger partial charge on any atom is 0.0955 e. The van der Waals surface area contributed by atoms with Gasteiger partial charge in [-0.15, -0.1) is 0 Å². The molecule has 2 aromatic carbocycles. The fourth-order valence-corrected chi connectivity index (χ4v) is 2.98. The quantitative estimate of drug-likeness (QED) is 0.498. The minimum atomic E-state index is 0.615. The van der Waals surface area contributed by atoms with E-state index in [2.05, 4.69) is 52.7 Å². The molecule has 0 spiro atoms. The summed E-state index contributed by atoms with van der Waals surface area (Å²) >= 11 is 10.9. The molecule has 0 radical (unpaired) electrons. The van der Waals surface area contributed by atoms with E-state index in [1.54, 1.807) is 0 Å². The van der Waals surface area contributed by atoms with Crippen molar-refractivity contribution < 1.29 is 0 Å². The molecular weight excluding hydrogens is 298 g/mol. The van der Waals surface area contributed by atoms with E-state index in [1.807, 2.05) is 13.0 Å². The first kappa shape index (κ1) is 14.5. The molecule has 1 aliphatic carbocycles. The van der Waals surface area contributed by atoms with Gasteiger partial charge in [0.05, 0.1) is 15.9 Å². The average Bonchev–Trinajstić information content (AvgIpc) is 3.27. The topological polar surface area (TPSA) is 12.4 Å². The van der Waals surface area contributed by atoms with Crippen LogP contribution < -0.4 is 0 Å². The molecule has 0 heterocycles. The highest BCUT2D eigenvalue weighted by molar-refractivity contribution is 7.78. The lowest BCUT2D eigenvalue weighted by molar-refractivity contribution is 0.832. The molecule has 3 heteroatoms. The number of benzene rings is 2. The van der Waals surface area contributed by atoms with E-state index in [9.17, 15) is 0 Å². The van der Waals surface area contributed by atoms with Gasteiger partial charge >= 0.3 is 0 Å². The highest BCUT2D eigenvalue weighted by atomic mass is 35.5. The van der Waals surface area contributed by atoms with E-state index in [0.29, 0.717) is 10.7 Å². The zero-order valence-corrected chi connectivity index (χ0v) is 13.5. The van der Waals surface area contributed by atoms with E-state index in [0.717, 1.165) is 17.0 Å². The van der Waals surface area contributed by atoms with Crippen LogP contribution >= 0.6 is 23.8 Å². The Labute approximate surface area is 135 Å². The van der Waals surface area contributed by atoms with Gasteiger partial charge < -0.3 is 0 Å². The van der Waals surface area contributed by atoms with Crippen LogP contribution in [0.4, 0.5) is 5.69 Å². The molecule has 1 fully saturated rings. The molecule has 0 N–H and O–H groups in total. The normalized spacial score (nSPS) is 13.8. The summed E-state index contributed by atoms with van der Waals surface area (Å²) in [4.78, 5) is 4.03. The van der Waals surface area contributed by atoms with Crippen molar-refractivity contribution >= 4 is 34.7 Å². The highest BCUT2D eigenvalue weighted by Crippen LogP contribution is 2.35. The minimum Gasteiger partial charge on any atom is -0.193 e. The second kappa shape index (κ2) is 6.11. The van der Waals surface area contributed by atoms with E-state index in [4.69, 9.17) is 11.6 Å². The fraction of sp³-hybridized carbons (Fsp3) is 0.278.